The van der Waals surface area contributed by atoms with Crippen LogP contribution in [0.3, 0.4) is 0 Å². The van der Waals surface area contributed by atoms with Crippen LogP contribution in [0.2, 0.25) is 0 Å². The van der Waals surface area contributed by atoms with E-state index in [0.29, 0.717) is 10.9 Å². The van der Waals surface area contributed by atoms with E-state index in [2.05, 4.69) is 4.98 Å². The number of aromatic nitrogens is 2. The van der Waals surface area contributed by atoms with Gasteiger partial charge in [0.1, 0.15) is 0 Å². The molecule has 0 spiro atoms. The van der Waals surface area contributed by atoms with Crippen molar-refractivity contribution in [3.8, 4) is 0 Å². The van der Waals surface area contributed by atoms with Gasteiger partial charge in [0.15, 0.2) is 5.03 Å². The highest BCUT2D eigenvalue weighted by Crippen LogP contribution is 2.32. The molecule has 0 saturated heterocycles. The van der Waals surface area contributed by atoms with E-state index in [1.165, 1.54) is 11.8 Å². The van der Waals surface area contributed by atoms with Gasteiger partial charge >= 0.3 is 5.82 Å². The van der Waals surface area contributed by atoms with Crippen molar-refractivity contribution in [1.82, 2.24) is 9.55 Å². The number of aliphatic hydroxyl groups excluding tert-OH is 1. The highest BCUT2D eigenvalue weighted by molar-refractivity contribution is 8.00. The van der Waals surface area contributed by atoms with E-state index in [1.54, 1.807) is 25.5 Å². The van der Waals surface area contributed by atoms with Crippen LogP contribution >= 0.6 is 11.8 Å². The maximum absolute atomic E-state index is 10.8. The maximum atomic E-state index is 10.8. The lowest BCUT2D eigenvalue weighted by Crippen LogP contribution is -2.15. The van der Waals surface area contributed by atoms with Crippen LogP contribution in [0.5, 0.6) is 0 Å². The first-order valence-corrected chi connectivity index (χ1v) is 5.75. The van der Waals surface area contributed by atoms with Crippen LogP contribution in [0, 0.1) is 17.0 Å². The second kappa shape index (κ2) is 4.84. The van der Waals surface area contributed by atoms with E-state index >= 15 is 0 Å². The molecule has 0 amide bonds. The minimum absolute atomic E-state index is 0.117. The van der Waals surface area contributed by atoms with Crippen molar-refractivity contribution < 1.29 is 10.0 Å². The van der Waals surface area contributed by atoms with Crippen LogP contribution in [0.1, 0.15) is 19.7 Å². The van der Waals surface area contributed by atoms with E-state index in [4.69, 9.17) is 0 Å². The van der Waals surface area contributed by atoms with Gasteiger partial charge in [-0.2, -0.15) is 0 Å². The van der Waals surface area contributed by atoms with Gasteiger partial charge in [0.05, 0.1) is 6.10 Å². The number of aliphatic hydroxyl groups is 1. The zero-order valence-corrected chi connectivity index (χ0v) is 10.5. The molecule has 1 rings (SSSR count). The largest absolute Gasteiger partial charge is 0.396 e. The van der Waals surface area contributed by atoms with Crippen molar-refractivity contribution in [3.63, 3.8) is 0 Å². The number of rotatable bonds is 4. The molecule has 6 nitrogen and oxygen atoms in total. The standard InChI is InChI=1S/C9H15N3O3S/c1-5(13)6(2)16-9-8(12(14)15)10-7(3)11(9)4/h5-6,13H,1-4H3. The Bertz CT molecular complexity index is 403. The summed E-state index contributed by atoms with van der Waals surface area (Å²) in [6, 6.07) is 0. The van der Waals surface area contributed by atoms with E-state index in [9.17, 15) is 15.2 Å². The Morgan fingerprint density at radius 3 is 2.56 bits per heavy atom. The molecule has 0 radical (unpaired) electrons. The number of thioether (sulfide) groups is 1. The molecule has 0 aliphatic rings. The number of hydrogen-bond acceptors (Lipinski definition) is 5. The summed E-state index contributed by atoms with van der Waals surface area (Å²) in [4.78, 5) is 14.2. The number of imidazole rings is 1. The molecule has 1 aromatic rings. The quantitative estimate of drug-likeness (QED) is 0.494. The lowest BCUT2D eigenvalue weighted by Gasteiger charge is -2.13. The highest BCUT2D eigenvalue weighted by Gasteiger charge is 2.26. The molecule has 0 fully saturated rings. The minimum Gasteiger partial charge on any atom is -0.392 e. The Morgan fingerprint density at radius 1 is 1.56 bits per heavy atom. The SMILES string of the molecule is Cc1nc([N+](=O)[O-])c(SC(C)C(C)O)n1C. The third kappa shape index (κ3) is 2.53. The molecular formula is C9H15N3O3S. The molecule has 0 bridgehead atoms. The minimum atomic E-state index is -0.528. The van der Waals surface area contributed by atoms with Crippen LogP contribution in [0.4, 0.5) is 5.82 Å². The van der Waals surface area contributed by atoms with Gasteiger partial charge in [0.25, 0.3) is 0 Å². The molecule has 16 heavy (non-hydrogen) atoms. The molecule has 2 unspecified atom stereocenters. The summed E-state index contributed by atoms with van der Waals surface area (Å²) in [6.07, 6.45) is -0.528. The molecule has 7 heteroatoms. The predicted octanol–water partition coefficient (Wildman–Crippen LogP) is 1.50. The fourth-order valence-corrected chi connectivity index (χ4v) is 2.16. The van der Waals surface area contributed by atoms with Crippen LogP contribution in [-0.2, 0) is 7.05 Å². The molecule has 0 aliphatic heterocycles. The maximum Gasteiger partial charge on any atom is 0.396 e. The Balaban J connectivity index is 3.06. The van der Waals surface area contributed by atoms with Crippen LogP contribution in [0.25, 0.3) is 0 Å². The first kappa shape index (κ1) is 13.0. The number of nitrogens with zero attached hydrogens (tertiary/aromatic N) is 3. The molecule has 0 aliphatic carbocycles. The fraction of sp³-hybridized carbons (Fsp3) is 0.667. The van der Waals surface area contributed by atoms with Gasteiger partial charge in [0, 0.05) is 19.2 Å². The lowest BCUT2D eigenvalue weighted by molar-refractivity contribution is -0.392. The molecule has 90 valence electrons. The monoisotopic (exact) mass is 245 g/mol. The van der Waals surface area contributed by atoms with Gasteiger partial charge < -0.3 is 15.2 Å². The Labute approximate surface area is 97.8 Å². The van der Waals surface area contributed by atoms with Crippen molar-refractivity contribution in [1.29, 1.82) is 0 Å². The third-order valence-electron chi connectivity index (χ3n) is 2.40. The van der Waals surface area contributed by atoms with Crippen molar-refractivity contribution in [2.75, 3.05) is 0 Å². The summed E-state index contributed by atoms with van der Waals surface area (Å²) < 4.78 is 1.67. The molecule has 1 aromatic heterocycles. The van der Waals surface area contributed by atoms with E-state index in [-0.39, 0.29) is 11.1 Å². The van der Waals surface area contributed by atoms with Crippen LogP contribution in [-0.4, -0.2) is 30.9 Å². The van der Waals surface area contributed by atoms with Gasteiger partial charge in [0.2, 0.25) is 5.82 Å². The molecule has 0 aromatic carbocycles. The molecular weight excluding hydrogens is 230 g/mol. The average Bonchev–Trinajstić information content (AvgIpc) is 2.45. The summed E-state index contributed by atoms with van der Waals surface area (Å²) in [7, 11) is 1.73. The molecule has 1 heterocycles. The second-order valence-corrected chi connectivity index (χ2v) is 5.03. The van der Waals surface area contributed by atoms with Crippen LogP contribution < -0.4 is 0 Å². The summed E-state index contributed by atoms with van der Waals surface area (Å²) in [6.45, 7) is 5.19. The van der Waals surface area contributed by atoms with E-state index < -0.39 is 11.0 Å². The highest BCUT2D eigenvalue weighted by atomic mass is 32.2. The molecule has 2 atom stereocenters. The summed E-state index contributed by atoms with van der Waals surface area (Å²) in [5.74, 6) is 0.449. The molecule has 1 N–H and O–H groups in total. The van der Waals surface area contributed by atoms with Crippen molar-refractivity contribution in [3.05, 3.63) is 15.9 Å². The Morgan fingerprint density at radius 2 is 2.12 bits per heavy atom. The number of hydrogen-bond donors (Lipinski definition) is 1. The normalized spacial score (nSPS) is 14.8. The van der Waals surface area contributed by atoms with Gasteiger partial charge in [-0.3, -0.25) is 4.57 Å². The summed E-state index contributed by atoms with van der Waals surface area (Å²) >= 11 is 1.26. The van der Waals surface area contributed by atoms with Crippen molar-refractivity contribution in [2.24, 2.45) is 7.05 Å². The first-order valence-electron chi connectivity index (χ1n) is 4.87. The Hall–Kier alpha value is -1.08. The van der Waals surface area contributed by atoms with Gasteiger partial charge in [-0.05, 0) is 16.8 Å². The number of nitro groups is 1. The third-order valence-corrected chi connectivity index (χ3v) is 3.84. The number of aryl methyl sites for hydroxylation is 1. The first-order chi connectivity index (χ1) is 7.34. The zero-order valence-electron chi connectivity index (χ0n) is 9.67. The zero-order chi connectivity index (χ0) is 12.5. The Kier molecular flexibility index (Phi) is 3.93. The molecule has 0 saturated carbocycles. The van der Waals surface area contributed by atoms with E-state index in [0.717, 1.165) is 0 Å². The van der Waals surface area contributed by atoms with Gasteiger partial charge in [-0.15, -0.1) is 0 Å². The topological polar surface area (TPSA) is 81.2 Å². The summed E-state index contributed by atoms with van der Waals surface area (Å²) in [5, 5.41) is 20.5. The lowest BCUT2D eigenvalue weighted by atomic mass is 10.3. The fourth-order valence-electron chi connectivity index (χ4n) is 1.10. The smallest absolute Gasteiger partial charge is 0.392 e. The second-order valence-electron chi connectivity index (χ2n) is 3.67. The average molecular weight is 245 g/mol. The van der Waals surface area contributed by atoms with Crippen molar-refractivity contribution in [2.45, 2.75) is 37.2 Å². The summed E-state index contributed by atoms with van der Waals surface area (Å²) in [5.41, 5.74) is 0. The van der Waals surface area contributed by atoms with E-state index in [1.807, 2.05) is 6.92 Å². The predicted molar refractivity (Wildman–Crippen MR) is 61.6 cm³/mol. The van der Waals surface area contributed by atoms with Gasteiger partial charge in [-0.1, -0.05) is 18.7 Å². The van der Waals surface area contributed by atoms with Gasteiger partial charge in [-0.25, -0.2) is 0 Å². The van der Waals surface area contributed by atoms with Crippen LogP contribution in [0.15, 0.2) is 5.03 Å². The van der Waals surface area contributed by atoms with Crippen molar-refractivity contribution >= 4 is 17.6 Å².